The normalized spacial score (nSPS) is 15.1. The van der Waals surface area contributed by atoms with Gasteiger partial charge in [0.05, 0.1) is 26.4 Å². The van der Waals surface area contributed by atoms with E-state index in [9.17, 15) is 43.5 Å². The molecule has 18 heteroatoms. The van der Waals surface area contributed by atoms with E-state index in [-0.39, 0.29) is 19.3 Å². The third-order valence-corrected chi connectivity index (χ3v) is 16.9. The highest BCUT2D eigenvalue weighted by Gasteiger charge is 2.29. The SMILES string of the molecule is CC/C=C\C/C=C\C/C=C\C/C=C\C/C=C\C/C=C\CCCCCCCCCCC(=O)OCC(O)COP(=O)(O)OCC(O)COP(=O)(O)OCC(COC(=O)CCCC/C=C\C/C=C\C/C=C\C/C=C\C/C=C\C/C=C\CC)OC(=O)CCCCC/C=C\C/C=C\C/C=C\C/C=C\C/C=C\CC. The number of rotatable bonds is 70. The highest BCUT2D eigenvalue weighted by atomic mass is 31.2. The summed E-state index contributed by atoms with van der Waals surface area (Å²) in [6.07, 6.45) is 100. The quantitative estimate of drug-likeness (QED) is 0.0146. The van der Waals surface area contributed by atoms with Gasteiger partial charge in [0.2, 0.25) is 0 Å². The smallest absolute Gasteiger partial charge is 0.463 e. The van der Waals surface area contributed by atoms with E-state index in [1.54, 1.807) is 0 Å². The lowest BCUT2D eigenvalue weighted by Crippen LogP contribution is -2.30. The molecule has 0 saturated carbocycles. The number of phosphoric acid groups is 2. The predicted octanol–water partition coefficient (Wildman–Crippen LogP) is 22.5. The maximum absolute atomic E-state index is 13.0. The molecule has 0 spiro atoms. The average Bonchev–Trinajstić information content (AvgIpc) is 0.923. The van der Waals surface area contributed by atoms with Gasteiger partial charge in [-0.25, -0.2) is 9.13 Å². The number of hydrogen-bond donors (Lipinski definition) is 4. The Labute approximate surface area is 622 Å². The number of allylic oxidation sites excluding steroid dienone is 34. The first-order chi connectivity index (χ1) is 50.2. The van der Waals surface area contributed by atoms with Crippen LogP contribution in [-0.2, 0) is 55.8 Å². The molecule has 0 rings (SSSR count). The second kappa shape index (κ2) is 75.8. The van der Waals surface area contributed by atoms with Gasteiger partial charge in [-0.05, 0) is 167 Å². The first kappa shape index (κ1) is 97.1. The Kier molecular flexibility index (Phi) is 71.5. The first-order valence-electron chi connectivity index (χ1n) is 38.4. The number of carbonyl (C=O) groups is 3. The zero-order valence-electron chi connectivity index (χ0n) is 63.1. The predicted molar refractivity (Wildman–Crippen MR) is 426 cm³/mol. The van der Waals surface area contributed by atoms with E-state index in [4.69, 9.17) is 32.3 Å². The van der Waals surface area contributed by atoms with Crippen molar-refractivity contribution in [3.05, 3.63) is 207 Å². The average molecular weight is 1470 g/mol. The molecule has 5 atom stereocenters. The second-order valence-corrected chi connectivity index (χ2v) is 27.6. The molecule has 0 aromatic carbocycles. The Morgan fingerprint density at radius 3 is 0.796 bits per heavy atom. The molecule has 0 aliphatic carbocycles. The first-order valence-corrected chi connectivity index (χ1v) is 41.4. The van der Waals surface area contributed by atoms with Gasteiger partial charge in [0.1, 0.15) is 25.4 Å². The van der Waals surface area contributed by atoms with E-state index in [0.29, 0.717) is 19.3 Å². The summed E-state index contributed by atoms with van der Waals surface area (Å²) >= 11 is 0. The van der Waals surface area contributed by atoms with Crippen LogP contribution in [0.2, 0.25) is 0 Å². The maximum Gasteiger partial charge on any atom is 0.472 e. The largest absolute Gasteiger partial charge is 0.472 e. The van der Waals surface area contributed by atoms with Crippen LogP contribution in [0.1, 0.15) is 252 Å². The Hall–Kier alpha value is -5.87. The van der Waals surface area contributed by atoms with Gasteiger partial charge in [-0.2, -0.15) is 0 Å². The van der Waals surface area contributed by atoms with Crippen molar-refractivity contribution >= 4 is 33.6 Å². The number of unbranched alkanes of at least 4 members (excludes halogenated alkanes) is 13. The molecular formula is C85H134O16P2. The molecule has 0 saturated heterocycles. The number of hydrogen-bond acceptors (Lipinski definition) is 14. The van der Waals surface area contributed by atoms with Crippen LogP contribution in [0.25, 0.3) is 0 Å². The summed E-state index contributed by atoms with van der Waals surface area (Å²) in [6, 6.07) is 0. The summed E-state index contributed by atoms with van der Waals surface area (Å²) < 4.78 is 61.0. The van der Waals surface area contributed by atoms with E-state index in [2.05, 4.69) is 227 Å². The number of phosphoric ester groups is 2. The fraction of sp³-hybridized carbons (Fsp3) is 0.565. The summed E-state index contributed by atoms with van der Waals surface area (Å²) in [6.45, 7) is 2.20. The molecule has 580 valence electrons. The number of aliphatic hydroxyl groups is 2. The molecule has 0 aliphatic rings. The standard InChI is InChI=1S/C85H134O16P2/c1-4-7-10-13-16-19-22-25-28-31-34-36-37-38-39-40-41-43-46-47-50-53-56-59-62-65-68-71-83(88)95-74-80(86)75-97-102(91,92)98-76-81(87)77-99-103(93,94)100-79-82(101-85(90)73-70-67-64-61-58-55-52-49-44-33-30-27-24-21-18-15-12-9-6-3)78-96-84(89)72-69-66-63-60-57-54-51-48-45-42-35-32-29-26-23-20-17-14-11-8-5-2/h7-12,16-21,25-30,34-36,38-39,41-44,48-49,51,55,57-58,60,80-82,86-87H,4-6,13-15,22-24,31-33,37,40,45-47,50,52-54,56,59,61-79H2,1-3H3,(H,91,92)(H,93,94)/b10-7-,11-8-,12-9-,19-16-,20-17-,21-18-,28-25-,29-26-,30-27-,36-34-,39-38-,42-35-,43-41-,49-44-,51-48-,58-55-,60-57-. The van der Waals surface area contributed by atoms with E-state index in [0.717, 1.165) is 173 Å². The zero-order valence-corrected chi connectivity index (χ0v) is 64.9. The van der Waals surface area contributed by atoms with Gasteiger partial charge in [-0.1, -0.05) is 272 Å². The Morgan fingerprint density at radius 1 is 0.272 bits per heavy atom. The summed E-state index contributed by atoms with van der Waals surface area (Å²) in [5, 5.41) is 20.6. The highest BCUT2D eigenvalue weighted by Crippen LogP contribution is 2.45. The van der Waals surface area contributed by atoms with E-state index in [1.807, 2.05) is 0 Å². The van der Waals surface area contributed by atoms with Gasteiger partial charge in [-0.3, -0.25) is 32.5 Å². The van der Waals surface area contributed by atoms with Gasteiger partial charge < -0.3 is 34.2 Å². The fourth-order valence-corrected chi connectivity index (χ4v) is 10.8. The minimum atomic E-state index is -4.96. The van der Waals surface area contributed by atoms with Gasteiger partial charge in [0, 0.05) is 19.3 Å². The maximum atomic E-state index is 13.0. The van der Waals surface area contributed by atoms with Crippen molar-refractivity contribution in [2.45, 2.75) is 270 Å². The van der Waals surface area contributed by atoms with E-state index in [1.165, 1.54) is 19.3 Å². The van der Waals surface area contributed by atoms with Crippen LogP contribution in [-0.4, -0.2) is 95.9 Å². The van der Waals surface area contributed by atoms with Crippen LogP contribution in [0.15, 0.2) is 207 Å². The molecule has 0 amide bonds. The summed E-state index contributed by atoms with van der Waals surface area (Å²) in [5.74, 6) is -1.69. The van der Waals surface area contributed by atoms with Crippen LogP contribution >= 0.6 is 15.6 Å². The molecule has 5 unspecified atom stereocenters. The lowest BCUT2D eigenvalue weighted by Gasteiger charge is -2.21. The minimum absolute atomic E-state index is 0.0460. The second-order valence-electron chi connectivity index (χ2n) is 24.7. The molecule has 0 aromatic heterocycles. The minimum Gasteiger partial charge on any atom is -0.463 e. The lowest BCUT2D eigenvalue weighted by molar-refractivity contribution is -0.161. The van der Waals surface area contributed by atoms with E-state index >= 15 is 0 Å². The molecular weight excluding hydrogens is 1340 g/mol. The van der Waals surface area contributed by atoms with Crippen molar-refractivity contribution in [2.75, 3.05) is 39.6 Å². The van der Waals surface area contributed by atoms with Gasteiger partial charge >= 0.3 is 33.6 Å². The molecule has 0 aliphatic heterocycles. The highest BCUT2D eigenvalue weighted by molar-refractivity contribution is 7.47. The zero-order chi connectivity index (χ0) is 75.2. The van der Waals surface area contributed by atoms with Crippen molar-refractivity contribution < 1.29 is 75.8 Å². The number of carbonyl (C=O) groups excluding carboxylic acids is 3. The van der Waals surface area contributed by atoms with Crippen molar-refractivity contribution in [1.29, 1.82) is 0 Å². The topological polar surface area (TPSA) is 231 Å². The third-order valence-electron chi connectivity index (χ3n) is 15.0. The van der Waals surface area contributed by atoms with Crippen molar-refractivity contribution in [1.82, 2.24) is 0 Å². The Balaban J connectivity index is 4.74. The summed E-state index contributed by atoms with van der Waals surface area (Å²) in [7, 11) is -9.84. The van der Waals surface area contributed by atoms with Crippen LogP contribution in [0, 0.1) is 0 Å². The molecule has 16 nitrogen and oxygen atoms in total. The number of esters is 3. The lowest BCUT2D eigenvalue weighted by atomic mass is 10.1. The molecule has 0 fully saturated rings. The summed E-state index contributed by atoms with van der Waals surface area (Å²) in [5.41, 5.74) is 0. The van der Waals surface area contributed by atoms with Gasteiger partial charge in [0.15, 0.2) is 6.10 Å². The molecule has 4 N–H and O–H groups in total. The fourth-order valence-electron chi connectivity index (χ4n) is 9.25. The molecule has 0 radical (unpaired) electrons. The van der Waals surface area contributed by atoms with Crippen LogP contribution in [0.4, 0.5) is 0 Å². The van der Waals surface area contributed by atoms with E-state index < -0.39 is 91.5 Å². The van der Waals surface area contributed by atoms with Crippen molar-refractivity contribution in [3.8, 4) is 0 Å². The number of aliphatic hydroxyl groups excluding tert-OH is 2. The van der Waals surface area contributed by atoms with Crippen molar-refractivity contribution in [3.63, 3.8) is 0 Å². The molecule has 0 heterocycles. The molecule has 0 aromatic rings. The Morgan fingerprint density at radius 2 is 0.485 bits per heavy atom. The van der Waals surface area contributed by atoms with Crippen molar-refractivity contribution in [2.24, 2.45) is 0 Å². The van der Waals surface area contributed by atoms with Crippen LogP contribution < -0.4 is 0 Å². The van der Waals surface area contributed by atoms with Gasteiger partial charge in [-0.15, -0.1) is 0 Å². The number of ether oxygens (including phenoxy) is 3. The molecule has 103 heavy (non-hydrogen) atoms. The Bertz CT molecular complexity index is 2700. The van der Waals surface area contributed by atoms with Gasteiger partial charge in [0.25, 0.3) is 0 Å². The van der Waals surface area contributed by atoms with Crippen LogP contribution in [0.5, 0.6) is 0 Å². The monoisotopic (exact) mass is 1470 g/mol. The van der Waals surface area contributed by atoms with Crippen LogP contribution in [0.3, 0.4) is 0 Å². The molecule has 0 bridgehead atoms. The summed E-state index contributed by atoms with van der Waals surface area (Å²) in [4.78, 5) is 58.6. The third kappa shape index (κ3) is 77.1.